The van der Waals surface area contributed by atoms with E-state index in [1.807, 2.05) is 0 Å². The molecule has 0 amide bonds. The normalized spacial score (nSPS) is 27.5. The second-order valence-electron chi connectivity index (χ2n) is 10.2. The molecule has 4 saturated carbocycles. The zero-order valence-corrected chi connectivity index (χ0v) is 20.1. The van der Waals surface area contributed by atoms with Gasteiger partial charge in [0.25, 0.3) is 5.69 Å². The van der Waals surface area contributed by atoms with Crippen LogP contribution in [-0.4, -0.2) is 11.1 Å². The summed E-state index contributed by atoms with van der Waals surface area (Å²) >= 11 is 12.2. The minimum absolute atomic E-state index is 0.0101. The zero-order valence-electron chi connectivity index (χ0n) is 18.5. The summed E-state index contributed by atoms with van der Waals surface area (Å²) in [6.07, 6.45) is 10.0. The summed E-state index contributed by atoms with van der Waals surface area (Å²) in [5.74, 6) is 3.73. The topological polar surface area (TPSA) is 68.6 Å². The van der Waals surface area contributed by atoms with Gasteiger partial charge in [0.15, 0.2) is 0 Å². The molecule has 174 valence electrons. The van der Waals surface area contributed by atoms with E-state index < -0.39 is 4.92 Å². The Bertz CT molecular complexity index is 1260. The SMILES string of the molecule is O=[N+]([O-])c1cc(-c2ccc(C=Nc3ccc(C45CC6CC(CC(C6)C4)C5)cc3)o2)c(Cl)cc1Cl. The Labute approximate surface area is 207 Å². The van der Waals surface area contributed by atoms with Crippen LogP contribution in [0.3, 0.4) is 0 Å². The number of furan rings is 1. The van der Waals surface area contributed by atoms with Crippen LogP contribution in [0.25, 0.3) is 11.3 Å². The van der Waals surface area contributed by atoms with Gasteiger partial charge >= 0.3 is 0 Å². The Morgan fingerprint density at radius 2 is 1.59 bits per heavy atom. The lowest BCUT2D eigenvalue weighted by Crippen LogP contribution is -2.48. The summed E-state index contributed by atoms with van der Waals surface area (Å²) in [6, 6.07) is 14.9. The van der Waals surface area contributed by atoms with Gasteiger partial charge in [0.1, 0.15) is 16.5 Å². The van der Waals surface area contributed by atoms with Gasteiger partial charge in [-0.2, -0.15) is 0 Å². The molecule has 34 heavy (non-hydrogen) atoms. The predicted octanol–water partition coefficient (Wildman–Crippen LogP) is 8.38. The van der Waals surface area contributed by atoms with Gasteiger partial charge in [-0.05, 0) is 97.6 Å². The number of hydrogen-bond donors (Lipinski definition) is 0. The third-order valence-corrected chi connectivity index (χ3v) is 8.60. The van der Waals surface area contributed by atoms with E-state index in [9.17, 15) is 10.1 Å². The molecule has 0 spiro atoms. The third-order valence-electron chi connectivity index (χ3n) is 7.98. The molecule has 0 radical (unpaired) electrons. The summed E-state index contributed by atoms with van der Waals surface area (Å²) in [5.41, 5.74) is 2.92. The van der Waals surface area contributed by atoms with E-state index in [-0.39, 0.29) is 15.7 Å². The van der Waals surface area contributed by atoms with Crippen molar-refractivity contribution in [2.45, 2.75) is 43.9 Å². The molecule has 7 rings (SSSR count). The molecular weight excluding hydrogens is 471 g/mol. The Balaban J connectivity index is 1.20. The van der Waals surface area contributed by atoms with Crippen molar-refractivity contribution in [2.75, 3.05) is 0 Å². The highest BCUT2D eigenvalue weighted by Crippen LogP contribution is 2.60. The van der Waals surface area contributed by atoms with Gasteiger partial charge in [0.05, 0.1) is 21.8 Å². The first kappa shape index (κ1) is 21.9. The Morgan fingerprint density at radius 3 is 2.21 bits per heavy atom. The van der Waals surface area contributed by atoms with Gasteiger partial charge in [-0.25, -0.2) is 0 Å². The van der Waals surface area contributed by atoms with Crippen LogP contribution < -0.4 is 0 Å². The highest BCUT2D eigenvalue weighted by Gasteiger charge is 2.51. The standard InChI is InChI=1S/C27H24Cl2N2O3/c28-23-11-24(29)25(31(32)33)10-22(23)26-6-5-21(34-26)15-30-20-3-1-19(2-4-20)27-12-16-7-17(13-27)9-18(8-16)14-27/h1-6,10-11,15-18H,7-9,12-14H2. The first-order valence-corrected chi connectivity index (χ1v) is 12.5. The number of rotatable bonds is 5. The van der Waals surface area contributed by atoms with Crippen molar-refractivity contribution in [3.8, 4) is 11.3 Å². The monoisotopic (exact) mass is 494 g/mol. The Hall–Kier alpha value is -2.63. The fourth-order valence-corrected chi connectivity index (χ4v) is 7.48. The molecule has 0 aliphatic heterocycles. The summed E-state index contributed by atoms with van der Waals surface area (Å²) in [5, 5.41) is 11.5. The van der Waals surface area contributed by atoms with Crippen molar-refractivity contribution in [1.29, 1.82) is 0 Å². The van der Waals surface area contributed by atoms with Crippen LogP contribution in [0.1, 0.15) is 49.8 Å². The molecule has 2 aromatic carbocycles. The molecule has 4 aliphatic carbocycles. The van der Waals surface area contributed by atoms with Crippen LogP contribution in [0.15, 0.2) is 57.9 Å². The molecule has 0 unspecified atom stereocenters. The maximum Gasteiger partial charge on any atom is 0.288 e. The molecule has 4 aliphatic rings. The minimum Gasteiger partial charge on any atom is -0.455 e. The number of halogens is 2. The maximum atomic E-state index is 11.2. The quantitative estimate of drug-likeness (QED) is 0.203. The van der Waals surface area contributed by atoms with Gasteiger partial charge in [0.2, 0.25) is 0 Å². The molecule has 0 N–H and O–H groups in total. The van der Waals surface area contributed by atoms with E-state index >= 15 is 0 Å². The Kier molecular flexibility index (Phi) is 5.30. The van der Waals surface area contributed by atoms with Crippen molar-refractivity contribution >= 4 is 40.8 Å². The molecule has 5 nitrogen and oxygen atoms in total. The Morgan fingerprint density at radius 1 is 0.941 bits per heavy atom. The van der Waals surface area contributed by atoms with Crippen LogP contribution in [0.4, 0.5) is 11.4 Å². The van der Waals surface area contributed by atoms with Crippen LogP contribution in [0, 0.1) is 27.9 Å². The van der Waals surface area contributed by atoms with Crippen LogP contribution >= 0.6 is 23.2 Å². The molecule has 4 bridgehead atoms. The lowest BCUT2D eigenvalue weighted by Gasteiger charge is -2.57. The van der Waals surface area contributed by atoms with E-state index in [0.717, 1.165) is 23.4 Å². The lowest BCUT2D eigenvalue weighted by atomic mass is 9.48. The summed E-state index contributed by atoms with van der Waals surface area (Å²) in [6.45, 7) is 0. The van der Waals surface area contributed by atoms with E-state index in [4.69, 9.17) is 27.6 Å². The average Bonchev–Trinajstić information content (AvgIpc) is 3.26. The van der Waals surface area contributed by atoms with E-state index in [1.165, 1.54) is 56.2 Å². The average molecular weight is 495 g/mol. The van der Waals surface area contributed by atoms with E-state index in [1.54, 1.807) is 18.3 Å². The number of hydrogen-bond acceptors (Lipinski definition) is 4. The molecular formula is C27H24Cl2N2O3. The van der Waals surface area contributed by atoms with Crippen molar-refractivity contribution in [3.63, 3.8) is 0 Å². The molecule has 0 atom stereocenters. The van der Waals surface area contributed by atoms with Gasteiger partial charge in [0, 0.05) is 11.6 Å². The van der Waals surface area contributed by atoms with Gasteiger partial charge in [-0.3, -0.25) is 15.1 Å². The first-order valence-electron chi connectivity index (χ1n) is 11.8. The summed E-state index contributed by atoms with van der Waals surface area (Å²) < 4.78 is 5.84. The number of nitro groups is 1. The van der Waals surface area contributed by atoms with Crippen molar-refractivity contribution in [1.82, 2.24) is 0 Å². The molecule has 4 fully saturated rings. The summed E-state index contributed by atoms with van der Waals surface area (Å²) in [4.78, 5) is 15.2. The third kappa shape index (κ3) is 3.85. The predicted molar refractivity (Wildman–Crippen MR) is 134 cm³/mol. The number of nitrogens with zero attached hydrogens (tertiary/aromatic N) is 2. The highest BCUT2D eigenvalue weighted by molar-refractivity contribution is 6.37. The lowest BCUT2D eigenvalue weighted by molar-refractivity contribution is -0.384. The van der Waals surface area contributed by atoms with Gasteiger partial charge in [-0.1, -0.05) is 35.3 Å². The maximum absolute atomic E-state index is 11.2. The van der Waals surface area contributed by atoms with E-state index in [2.05, 4.69) is 29.3 Å². The van der Waals surface area contributed by atoms with Crippen molar-refractivity contribution < 1.29 is 9.34 Å². The number of aliphatic imine (C=N–C) groups is 1. The van der Waals surface area contributed by atoms with Crippen molar-refractivity contribution in [3.05, 3.63) is 80.0 Å². The summed E-state index contributed by atoms with van der Waals surface area (Å²) in [7, 11) is 0. The molecule has 7 heteroatoms. The minimum atomic E-state index is -0.541. The van der Waals surface area contributed by atoms with E-state index in [0.29, 0.717) is 22.5 Å². The largest absolute Gasteiger partial charge is 0.455 e. The van der Waals surface area contributed by atoms with Crippen LogP contribution in [0.2, 0.25) is 10.0 Å². The fraction of sp³-hybridized carbons (Fsp3) is 0.370. The molecule has 1 heterocycles. The number of benzene rings is 2. The van der Waals surface area contributed by atoms with Gasteiger partial charge in [-0.15, -0.1) is 0 Å². The van der Waals surface area contributed by atoms with Crippen LogP contribution in [0.5, 0.6) is 0 Å². The van der Waals surface area contributed by atoms with Crippen LogP contribution in [-0.2, 0) is 5.41 Å². The molecule has 0 saturated heterocycles. The first-order chi connectivity index (χ1) is 16.4. The number of nitro benzene ring substituents is 1. The highest BCUT2D eigenvalue weighted by atomic mass is 35.5. The molecule has 3 aromatic rings. The molecule has 1 aromatic heterocycles. The second kappa shape index (κ2) is 8.24. The fourth-order valence-electron chi connectivity index (χ4n) is 6.94. The van der Waals surface area contributed by atoms with Gasteiger partial charge < -0.3 is 4.42 Å². The zero-order chi connectivity index (χ0) is 23.4. The smallest absolute Gasteiger partial charge is 0.288 e. The second-order valence-corrected chi connectivity index (χ2v) is 11.1. The van der Waals surface area contributed by atoms with Crippen molar-refractivity contribution in [2.24, 2.45) is 22.7 Å².